The van der Waals surface area contributed by atoms with E-state index in [1.165, 1.54) is 0 Å². The molecule has 4 heteroatoms. The Morgan fingerprint density at radius 1 is 1.44 bits per heavy atom. The van der Waals surface area contributed by atoms with E-state index in [1.807, 2.05) is 35.7 Å². The molecule has 1 aromatic carbocycles. The lowest BCUT2D eigenvalue weighted by Gasteiger charge is -2.04. The molecular weight excluding hydrogens is 228 g/mol. The van der Waals surface area contributed by atoms with Crippen LogP contribution in [0.25, 0.3) is 10.9 Å². The van der Waals surface area contributed by atoms with E-state index in [4.69, 9.17) is 4.74 Å². The minimum atomic E-state index is -0.0453. The number of nitrogens with two attached hydrogens (primary N) is 1. The van der Waals surface area contributed by atoms with Gasteiger partial charge in [0.2, 0.25) is 0 Å². The van der Waals surface area contributed by atoms with Crippen LogP contribution in [0.2, 0.25) is 0 Å². The molecule has 2 aromatic rings. The van der Waals surface area contributed by atoms with Crippen LogP contribution in [0.3, 0.4) is 0 Å². The van der Waals surface area contributed by atoms with Gasteiger partial charge in [0.25, 0.3) is 5.56 Å². The van der Waals surface area contributed by atoms with Gasteiger partial charge < -0.3 is 15.0 Å². The molecule has 0 unspecified atom stereocenters. The molecule has 0 fully saturated rings. The first-order chi connectivity index (χ1) is 8.74. The average molecular weight is 245 g/mol. The standard InChI is InChI=1S/C14H16N2O2/c1-3-6-15-9-11-7-10-4-5-12(18-2)8-13(10)16-14(11)17/h3-5,7-8,15H,1,6,9H2,2H3,(H,16,17)/p+1. The number of aromatic amines is 1. The van der Waals surface area contributed by atoms with Crippen molar-refractivity contribution in [1.29, 1.82) is 0 Å². The zero-order valence-corrected chi connectivity index (χ0v) is 10.4. The summed E-state index contributed by atoms with van der Waals surface area (Å²) in [6, 6.07) is 7.58. The summed E-state index contributed by atoms with van der Waals surface area (Å²) in [4.78, 5) is 14.8. The van der Waals surface area contributed by atoms with Crippen LogP contribution in [-0.2, 0) is 6.54 Å². The van der Waals surface area contributed by atoms with Crippen molar-refractivity contribution in [3.8, 4) is 5.75 Å². The minimum Gasteiger partial charge on any atom is -0.497 e. The molecule has 0 bridgehead atoms. The quantitative estimate of drug-likeness (QED) is 0.604. The highest BCUT2D eigenvalue weighted by molar-refractivity contribution is 5.80. The van der Waals surface area contributed by atoms with E-state index >= 15 is 0 Å². The van der Waals surface area contributed by atoms with Crippen molar-refractivity contribution < 1.29 is 10.1 Å². The highest BCUT2D eigenvalue weighted by atomic mass is 16.5. The molecule has 1 aromatic heterocycles. The molecule has 0 aliphatic carbocycles. The molecule has 2 rings (SSSR count). The summed E-state index contributed by atoms with van der Waals surface area (Å²) < 4.78 is 5.13. The predicted molar refractivity (Wildman–Crippen MR) is 71.8 cm³/mol. The number of fused-ring (bicyclic) bond motifs is 1. The van der Waals surface area contributed by atoms with Crippen LogP contribution in [0.15, 0.2) is 41.7 Å². The number of H-pyrrole nitrogens is 1. The third kappa shape index (κ3) is 2.60. The molecule has 0 amide bonds. The molecule has 0 radical (unpaired) electrons. The van der Waals surface area contributed by atoms with E-state index in [-0.39, 0.29) is 5.56 Å². The topological polar surface area (TPSA) is 58.7 Å². The van der Waals surface area contributed by atoms with E-state index in [1.54, 1.807) is 7.11 Å². The predicted octanol–water partition coefficient (Wildman–Crippen LogP) is 0.786. The number of hydrogen-bond acceptors (Lipinski definition) is 2. The van der Waals surface area contributed by atoms with E-state index < -0.39 is 0 Å². The first kappa shape index (κ1) is 12.4. The van der Waals surface area contributed by atoms with Gasteiger partial charge >= 0.3 is 0 Å². The fourth-order valence-corrected chi connectivity index (χ4v) is 1.86. The van der Waals surface area contributed by atoms with Gasteiger partial charge in [-0.3, -0.25) is 4.79 Å². The first-order valence-corrected chi connectivity index (χ1v) is 5.87. The summed E-state index contributed by atoms with van der Waals surface area (Å²) in [5.41, 5.74) is 1.53. The van der Waals surface area contributed by atoms with Crippen LogP contribution in [0, 0.1) is 0 Å². The van der Waals surface area contributed by atoms with Crippen LogP contribution in [0.4, 0.5) is 0 Å². The van der Waals surface area contributed by atoms with Crippen molar-refractivity contribution in [2.45, 2.75) is 6.54 Å². The van der Waals surface area contributed by atoms with Crippen molar-refractivity contribution >= 4 is 10.9 Å². The normalized spacial score (nSPS) is 10.5. The summed E-state index contributed by atoms with van der Waals surface area (Å²) in [5.74, 6) is 0.740. The van der Waals surface area contributed by atoms with E-state index in [0.29, 0.717) is 6.54 Å². The Kier molecular flexibility index (Phi) is 3.79. The molecule has 1 heterocycles. The fourth-order valence-electron chi connectivity index (χ4n) is 1.86. The number of ether oxygens (including phenoxy) is 1. The van der Waals surface area contributed by atoms with Crippen LogP contribution in [0.1, 0.15) is 5.56 Å². The molecule has 0 saturated heterocycles. The molecular formula is C14H17N2O2+. The largest absolute Gasteiger partial charge is 0.497 e. The summed E-state index contributed by atoms with van der Waals surface area (Å²) in [7, 11) is 1.61. The molecule has 0 spiro atoms. The lowest BCUT2D eigenvalue weighted by molar-refractivity contribution is -0.662. The van der Waals surface area contributed by atoms with Gasteiger partial charge in [-0.05, 0) is 29.7 Å². The van der Waals surface area contributed by atoms with Gasteiger partial charge in [-0.15, -0.1) is 0 Å². The summed E-state index contributed by atoms with van der Waals surface area (Å²) in [6.07, 6.45) is 1.82. The summed E-state index contributed by atoms with van der Waals surface area (Å²) in [5, 5.41) is 3.05. The Morgan fingerprint density at radius 3 is 3.00 bits per heavy atom. The van der Waals surface area contributed by atoms with Gasteiger partial charge in [-0.25, -0.2) is 0 Å². The number of benzene rings is 1. The Hall–Kier alpha value is -2.07. The van der Waals surface area contributed by atoms with Crippen molar-refractivity contribution in [3.05, 3.63) is 52.8 Å². The Balaban J connectivity index is 2.36. The number of methoxy groups -OCH3 is 1. The maximum Gasteiger partial charge on any atom is 0.257 e. The summed E-state index contributed by atoms with van der Waals surface area (Å²) in [6.45, 7) is 5.11. The van der Waals surface area contributed by atoms with Crippen molar-refractivity contribution in [2.75, 3.05) is 13.7 Å². The van der Waals surface area contributed by atoms with Crippen LogP contribution in [0.5, 0.6) is 5.75 Å². The van der Waals surface area contributed by atoms with Crippen molar-refractivity contribution in [1.82, 2.24) is 4.98 Å². The second kappa shape index (κ2) is 5.51. The number of aromatic nitrogens is 1. The molecule has 18 heavy (non-hydrogen) atoms. The van der Waals surface area contributed by atoms with Crippen LogP contribution < -0.4 is 15.6 Å². The molecule has 0 aliphatic heterocycles. The third-order valence-electron chi connectivity index (χ3n) is 2.83. The summed E-state index contributed by atoms with van der Waals surface area (Å²) >= 11 is 0. The van der Waals surface area contributed by atoms with Crippen molar-refractivity contribution in [2.24, 2.45) is 0 Å². The highest BCUT2D eigenvalue weighted by Crippen LogP contribution is 2.18. The van der Waals surface area contributed by atoms with Crippen LogP contribution in [-0.4, -0.2) is 18.6 Å². The van der Waals surface area contributed by atoms with Gasteiger partial charge in [0.05, 0.1) is 24.7 Å². The number of hydrogen-bond donors (Lipinski definition) is 2. The maximum atomic E-state index is 11.9. The lowest BCUT2D eigenvalue weighted by atomic mass is 10.1. The van der Waals surface area contributed by atoms with Gasteiger partial charge in [-0.1, -0.05) is 6.58 Å². The average Bonchev–Trinajstić information content (AvgIpc) is 2.39. The highest BCUT2D eigenvalue weighted by Gasteiger charge is 2.05. The van der Waals surface area contributed by atoms with Crippen LogP contribution >= 0.6 is 0 Å². The monoisotopic (exact) mass is 245 g/mol. The second-order valence-electron chi connectivity index (χ2n) is 4.09. The zero-order chi connectivity index (χ0) is 13.0. The Morgan fingerprint density at radius 2 is 2.28 bits per heavy atom. The SMILES string of the molecule is C=CC[NH2+]Cc1cc2ccc(OC)cc2[nH]c1=O. The molecule has 94 valence electrons. The smallest absolute Gasteiger partial charge is 0.257 e. The molecule has 0 saturated carbocycles. The Labute approximate surface area is 105 Å². The molecule has 4 nitrogen and oxygen atoms in total. The number of quaternary nitrogens is 1. The van der Waals surface area contributed by atoms with Crippen molar-refractivity contribution in [3.63, 3.8) is 0 Å². The van der Waals surface area contributed by atoms with Gasteiger partial charge in [0, 0.05) is 6.07 Å². The van der Waals surface area contributed by atoms with E-state index in [9.17, 15) is 4.79 Å². The molecule has 0 atom stereocenters. The Bertz CT molecular complexity index is 617. The molecule has 0 aliphatic rings. The van der Waals surface area contributed by atoms with Gasteiger partial charge in [0.15, 0.2) is 0 Å². The minimum absolute atomic E-state index is 0.0453. The van der Waals surface area contributed by atoms with E-state index in [0.717, 1.165) is 28.8 Å². The lowest BCUT2D eigenvalue weighted by Crippen LogP contribution is -2.82. The second-order valence-corrected chi connectivity index (χ2v) is 4.09. The molecule has 3 N–H and O–H groups in total. The van der Waals surface area contributed by atoms with Gasteiger partial charge in [0.1, 0.15) is 12.3 Å². The number of nitrogens with one attached hydrogen (secondary N) is 1. The fraction of sp³-hybridized carbons (Fsp3) is 0.214. The maximum absolute atomic E-state index is 11.9. The number of rotatable bonds is 5. The van der Waals surface area contributed by atoms with Gasteiger partial charge in [-0.2, -0.15) is 0 Å². The zero-order valence-electron chi connectivity index (χ0n) is 10.4. The first-order valence-electron chi connectivity index (χ1n) is 5.87. The number of pyridine rings is 1. The van der Waals surface area contributed by atoms with E-state index in [2.05, 4.69) is 11.6 Å². The third-order valence-corrected chi connectivity index (χ3v) is 2.83.